The van der Waals surface area contributed by atoms with Gasteiger partial charge in [0.15, 0.2) is 0 Å². The summed E-state index contributed by atoms with van der Waals surface area (Å²) in [6, 6.07) is 7.25. The number of rotatable bonds is 5. The summed E-state index contributed by atoms with van der Waals surface area (Å²) in [7, 11) is 1.62. The number of nitrogens with zero attached hydrogens (tertiary/aromatic N) is 2. The van der Waals surface area contributed by atoms with Crippen LogP contribution in [0.4, 0.5) is 0 Å². The molecular formula is C19H28N2O4. The molecule has 0 aliphatic carbocycles. The normalized spacial score (nSPS) is 24.1. The molecule has 2 aliphatic rings. The van der Waals surface area contributed by atoms with Crippen LogP contribution in [-0.2, 0) is 15.1 Å². The summed E-state index contributed by atoms with van der Waals surface area (Å²) in [4.78, 5) is 16.8. The van der Waals surface area contributed by atoms with Crippen molar-refractivity contribution in [3.63, 3.8) is 0 Å². The Morgan fingerprint density at radius 3 is 2.60 bits per heavy atom. The molecule has 0 spiro atoms. The molecule has 1 N–H and O–H groups in total. The number of methoxy groups -OCH3 is 1. The Kier molecular flexibility index (Phi) is 5.61. The largest absolute Gasteiger partial charge is 0.497 e. The summed E-state index contributed by atoms with van der Waals surface area (Å²) in [5.74, 6) is 0.851. The molecule has 6 nitrogen and oxygen atoms in total. The van der Waals surface area contributed by atoms with E-state index in [0.29, 0.717) is 26.3 Å². The van der Waals surface area contributed by atoms with Gasteiger partial charge in [-0.2, -0.15) is 0 Å². The lowest BCUT2D eigenvalue weighted by molar-refractivity contribution is -0.139. The molecule has 2 heterocycles. The highest BCUT2D eigenvalue weighted by Crippen LogP contribution is 2.35. The van der Waals surface area contributed by atoms with Gasteiger partial charge in [0.05, 0.1) is 32.9 Å². The summed E-state index contributed by atoms with van der Waals surface area (Å²) in [6.45, 7) is 5.86. The van der Waals surface area contributed by atoms with Crippen molar-refractivity contribution in [2.45, 2.75) is 31.4 Å². The summed E-state index contributed by atoms with van der Waals surface area (Å²) >= 11 is 0. The maximum Gasteiger partial charge on any atom is 0.237 e. The van der Waals surface area contributed by atoms with Crippen LogP contribution < -0.4 is 4.74 Å². The van der Waals surface area contributed by atoms with Gasteiger partial charge in [-0.1, -0.05) is 12.1 Å². The van der Waals surface area contributed by atoms with Crippen LogP contribution in [0.15, 0.2) is 24.3 Å². The number of likely N-dealkylation sites (tertiary alicyclic amines) is 1. The van der Waals surface area contributed by atoms with Crippen molar-refractivity contribution in [2.24, 2.45) is 0 Å². The lowest BCUT2D eigenvalue weighted by Gasteiger charge is -2.38. The quantitative estimate of drug-likeness (QED) is 0.867. The van der Waals surface area contributed by atoms with E-state index in [2.05, 4.69) is 4.90 Å². The second-order valence-electron chi connectivity index (χ2n) is 7.01. The molecule has 25 heavy (non-hydrogen) atoms. The first kappa shape index (κ1) is 18.2. The zero-order chi connectivity index (χ0) is 17.9. The van der Waals surface area contributed by atoms with Crippen molar-refractivity contribution in [3.8, 4) is 5.75 Å². The third-order valence-corrected chi connectivity index (χ3v) is 5.36. The lowest BCUT2D eigenvalue weighted by Crippen LogP contribution is -2.51. The molecule has 2 aliphatic heterocycles. The van der Waals surface area contributed by atoms with Crippen LogP contribution in [0.3, 0.4) is 0 Å². The monoisotopic (exact) mass is 348 g/mol. The lowest BCUT2D eigenvalue weighted by atomic mass is 9.86. The molecular weight excluding hydrogens is 320 g/mol. The van der Waals surface area contributed by atoms with Gasteiger partial charge < -0.3 is 19.5 Å². The fourth-order valence-electron chi connectivity index (χ4n) is 3.81. The molecule has 1 amide bonds. The van der Waals surface area contributed by atoms with E-state index in [9.17, 15) is 9.90 Å². The molecule has 1 aromatic carbocycles. The zero-order valence-electron chi connectivity index (χ0n) is 15.1. The van der Waals surface area contributed by atoms with Crippen LogP contribution in [0.5, 0.6) is 5.75 Å². The summed E-state index contributed by atoms with van der Waals surface area (Å²) < 4.78 is 10.5. The average Bonchev–Trinajstić information content (AvgIpc) is 3.13. The summed E-state index contributed by atoms with van der Waals surface area (Å²) in [6.07, 6.45) is 1.74. The number of amides is 1. The number of ether oxygens (including phenoxy) is 2. The molecule has 0 unspecified atom stereocenters. The highest BCUT2D eigenvalue weighted by molar-refractivity contribution is 5.79. The fourth-order valence-corrected chi connectivity index (χ4v) is 3.81. The number of carbonyl (C=O) groups is 1. The second-order valence-corrected chi connectivity index (χ2v) is 7.01. The van der Waals surface area contributed by atoms with E-state index in [1.54, 1.807) is 14.0 Å². The first-order valence-electron chi connectivity index (χ1n) is 8.99. The minimum absolute atomic E-state index is 0.0955. The number of hydrogen-bond acceptors (Lipinski definition) is 5. The number of morpholine rings is 1. The van der Waals surface area contributed by atoms with Crippen LogP contribution >= 0.6 is 0 Å². The average molecular weight is 348 g/mol. The molecule has 0 saturated carbocycles. The first-order valence-corrected chi connectivity index (χ1v) is 8.99. The Morgan fingerprint density at radius 1 is 1.28 bits per heavy atom. The van der Waals surface area contributed by atoms with E-state index < -0.39 is 5.60 Å². The third kappa shape index (κ3) is 3.97. The van der Waals surface area contributed by atoms with Crippen molar-refractivity contribution >= 4 is 5.91 Å². The molecule has 2 saturated heterocycles. The van der Waals surface area contributed by atoms with Gasteiger partial charge in [-0.15, -0.1) is 0 Å². The van der Waals surface area contributed by atoms with Crippen molar-refractivity contribution < 1.29 is 19.4 Å². The van der Waals surface area contributed by atoms with Crippen LogP contribution in [0.1, 0.15) is 25.3 Å². The highest BCUT2D eigenvalue weighted by atomic mass is 16.5. The van der Waals surface area contributed by atoms with Gasteiger partial charge in [0.2, 0.25) is 5.91 Å². The molecule has 0 aromatic heterocycles. The minimum atomic E-state index is -1.08. The van der Waals surface area contributed by atoms with Gasteiger partial charge in [0.25, 0.3) is 0 Å². The van der Waals surface area contributed by atoms with Crippen LogP contribution in [-0.4, -0.2) is 73.4 Å². The van der Waals surface area contributed by atoms with Crippen molar-refractivity contribution in [3.05, 3.63) is 29.8 Å². The summed E-state index contributed by atoms with van der Waals surface area (Å²) in [5, 5.41) is 11.2. The molecule has 2 fully saturated rings. The minimum Gasteiger partial charge on any atom is -0.497 e. The Labute approximate surface area is 149 Å². The Balaban J connectivity index is 1.71. The fraction of sp³-hybridized carbons (Fsp3) is 0.632. The topological polar surface area (TPSA) is 62.2 Å². The van der Waals surface area contributed by atoms with E-state index in [4.69, 9.17) is 9.47 Å². The SMILES string of the molecule is COc1ccc([C@@](C)(O)[C@@H]2CCCN2C(=O)CN2CCOCC2)cc1. The first-order chi connectivity index (χ1) is 12.0. The van der Waals surface area contributed by atoms with Crippen LogP contribution in [0.2, 0.25) is 0 Å². The Hall–Kier alpha value is -1.63. The van der Waals surface area contributed by atoms with E-state index >= 15 is 0 Å². The van der Waals surface area contributed by atoms with Gasteiger partial charge in [-0.25, -0.2) is 0 Å². The third-order valence-electron chi connectivity index (χ3n) is 5.36. The van der Waals surface area contributed by atoms with E-state index in [1.165, 1.54) is 0 Å². The second kappa shape index (κ2) is 7.72. The predicted octanol–water partition coefficient (Wildman–Crippen LogP) is 1.23. The Bertz CT molecular complexity index is 582. The zero-order valence-corrected chi connectivity index (χ0v) is 15.1. The van der Waals surface area contributed by atoms with Gasteiger partial charge in [-0.3, -0.25) is 9.69 Å². The van der Waals surface area contributed by atoms with Gasteiger partial charge in [0.1, 0.15) is 11.4 Å². The van der Waals surface area contributed by atoms with Crippen LogP contribution in [0.25, 0.3) is 0 Å². The molecule has 1 aromatic rings. The number of aliphatic hydroxyl groups is 1. The van der Waals surface area contributed by atoms with Crippen molar-refractivity contribution in [1.29, 1.82) is 0 Å². The molecule has 6 heteroatoms. The van der Waals surface area contributed by atoms with Crippen LogP contribution in [0, 0.1) is 0 Å². The maximum absolute atomic E-state index is 12.8. The summed E-state index contributed by atoms with van der Waals surface area (Å²) in [5.41, 5.74) is -0.270. The molecule has 0 radical (unpaired) electrons. The van der Waals surface area contributed by atoms with Crippen molar-refractivity contribution in [2.75, 3.05) is 46.5 Å². The molecule has 2 atom stereocenters. The van der Waals surface area contributed by atoms with Gasteiger partial charge in [-0.05, 0) is 37.5 Å². The number of carbonyl (C=O) groups excluding carboxylic acids is 1. The number of hydrogen-bond donors (Lipinski definition) is 1. The van der Waals surface area contributed by atoms with Gasteiger partial charge >= 0.3 is 0 Å². The standard InChI is InChI=1S/C19H28N2O4/c1-19(23,15-5-7-16(24-2)8-6-15)17-4-3-9-21(17)18(22)14-20-10-12-25-13-11-20/h5-8,17,23H,3-4,9-14H2,1-2H3/t17-,19+/m0/s1. The van der Waals surface area contributed by atoms with E-state index in [-0.39, 0.29) is 11.9 Å². The maximum atomic E-state index is 12.8. The van der Waals surface area contributed by atoms with E-state index in [0.717, 1.165) is 37.2 Å². The van der Waals surface area contributed by atoms with E-state index in [1.807, 2.05) is 29.2 Å². The van der Waals surface area contributed by atoms with Crippen molar-refractivity contribution in [1.82, 2.24) is 9.80 Å². The molecule has 3 rings (SSSR count). The molecule has 0 bridgehead atoms. The number of benzene rings is 1. The smallest absolute Gasteiger partial charge is 0.237 e. The van der Waals surface area contributed by atoms with Gasteiger partial charge in [0, 0.05) is 19.6 Å². The highest BCUT2D eigenvalue weighted by Gasteiger charge is 2.42. The Morgan fingerprint density at radius 2 is 1.96 bits per heavy atom. The molecule has 138 valence electrons. The predicted molar refractivity (Wildman–Crippen MR) is 94.6 cm³/mol.